The van der Waals surface area contributed by atoms with Crippen LogP contribution in [0.25, 0.3) is 22.0 Å². The Morgan fingerprint density at radius 2 is 1.67 bits per heavy atom. The molecule has 5 nitrogen and oxygen atoms in total. The van der Waals surface area contributed by atoms with Crippen molar-refractivity contribution in [2.24, 2.45) is 0 Å². The normalized spacial score (nSPS) is 16.9. The third-order valence-electron chi connectivity index (χ3n) is 5.39. The zero-order valence-corrected chi connectivity index (χ0v) is 16.5. The van der Waals surface area contributed by atoms with Crippen molar-refractivity contribution in [3.63, 3.8) is 0 Å². The molecule has 0 atom stereocenters. The lowest BCUT2D eigenvalue weighted by atomic mass is 9.89. The summed E-state index contributed by atoms with van der Waals surface area (Å²) in [6.45, 7) is 1.94. The average molecular weight is 405 g/mol. The molecule has 0 radical (unpaired) electrons. The van der Waals surface area contributed by atoms with Crippen LogP contribution in [0.3, 0.4) is 0 Å². The van der Waals surface area contributed by atoms with Gasteiger partial charge in [0.1, 0.15) is 0 Å². The highest BCUT2D eigenvalue weighted by molar-refractivity contribution is 7.84. The van der Waals surface area contributed by atoms with E-state index in [0.717, 1.165) is 52.0 Å². The van der Waals surface area contributed by atoms with Crippen molar-refractivity contribution >= 4 is 32.8 Å². The molecule has 27 heavy (non-hydrogen) atoms. The Bertz CT molecular complexity index is 1080. The number of halogens is 1. The number of hydrogen-bond donors (Lipinski definition) is 1. The molecule has 1 fully saturated rings. The Kier molecular flexibility index (Phi) is 4.76. The lowest BCUT2D eigenvalue weighted by Crippen LogP contribution is -2.29. The fourth-order valence-electron chi connectivity index (χ4n) is 3.88. The summed E-state index contributed by atoms with van der Waals surface area (Å²) in [6.07, 6.45) is 3.51. The molecule has 0 bridgehead atoms. The lowest BCUT2D eigenvalue weighted by Gasteiger charge is -2.28. The van der Waals surface area contributed by atoms with Gasteiger partial charge in [-0.25, -0.2) is 3.97 Å². The molecule has 1 N–H and O–H groups in total. The van der Waals surface area contributed by atoms with Gasteiger partial charge in [-0.15, -0.1) is 0 Å². The van der Waals surface area contributed by atoms with Gasteiger partial charge in [0.15, 0.2) is 0 Å². The Morgan fingerprint density at radius 1 is 1.04 bits per heavy atom. The summed E-state index contributed by atoms with van der Waals surface area (Å²) in [6, 6.07) is 13.2. The second kappa shape index (κ2) is 6.95. The highest BCUT2D eigenvalue weighted by atomic mass is 35.5. The topological polar surface area (TPSA) is 62.5 Å². The fraction of sp³-hybridized carbons (Fsp3) is 0.300. The molecule has 0 aliphatic carbocycles. The molecule has 142 valence electrons. The number of piperidine rings is 1. The highest BCUT2D eigenvalue weighted by Crippen LogP contribution is 2.37. The maximum Gasteiger partial charge on any atom is 0.363 e. The van der Waals surface area contributed by atoms with E-state index in [2.05, 4.69) is 11.9 Å². The van der Waals surface area contributed by atoms with Crippen molar-refractivity contribution in [2.45, 2.75) is 18.8 Å². The fourth-order valence-corrected chi connectivity index (χ4v) is 4.66. The molecule has 2 aromatic carbocycles. The summed E-state index contributed by atoms with van der Waals surface area (Å²) in [7, 11) is -2.26. The van der Waals surface area contributed by atoms with E-state index in [-0.39, 0.29) is 5.92 Å². The minimum atomic E-state index is -4.35. The van der Waals surface area contributed by atoms with Crippen molar-refractivity contribution in [2.75, 3.05) is 20.1 Å². The highest BCUT2D eigenvalue weighted by Gasteiger charge is 2.25. The van der Waals surface area contributed by atoms with E-state index >= 15 is 0 Å². The maximum absolute atomic E-state index is 11.9. The van der Waals surface area contributed by atoms with Crippen molar-refractivity contribution in [3.8, 4) is 11.1 Å². The molecular formula is C20H21ClN2O3S. The number of aromatic nitrogens is 1. The quantitative estimate of drug-likeness (QED) is 0.656. The first-order valence-corrected chi connectivity index (χ1v) is 10.7. The third kappa shape index (κ3) is 3.62. The van der Waals surface area contributed by atoms with Crippen LogP contribution >= 0.6 is 11.6 Å². The summed E-state index contributed by atoms with van der Waals surface area (Å²) in [4.78, 5) is 2.28. The zero-order valence-electron chi connectivity index (χ0n) is 15.0. The van der Waals surface area contributed by atoms with Crippen LogP contribution in [0.4, 0.5) is 0 Å². The van der Waals surface area contributed by atoms with Crippen molar-refractivity contribution in [1.29, 1.82) is 0 Å². The molecule has 1 saturated heterocycles. The molecule has 3 aromatic rings. The molecular weight excluding hydrogens is 384 g/mol. The van der Waals surface area contributed by atoms with E-state index in [9.17, 15) is 13.0 Å². The first-order chi connectivity index (χ1) is 12.8. The Balaban J connectivity index is 1.87. The van der Waals surface area contributed by atoms with E-state index in [0.29, 0.717) is 10.5 Å². The molecule has 1 aromatic heterocycles. The Labute approximate surface area is 164 Å². The lowest BCUT2D eigenvalue weighted by molar-refractivity contribution is 0.256. The monoisotopic (exact) mass is 404 g/mol. The first-order valence-electron chi connectivity index (χ1n) is 8.90. The number of likely N-dealkylation sites (tertiary alicyclic amines) is 1. The van der Waals surface area contributed by atoms with Crippen LogP contribution in [0.5, 0.6) is 0 Å². The van der Waals surface area contributed by atoms with Crippen LogP contribution in [0, 0.1) is 0 Å². The minimum absolute atomic E-state index is 0.271. The van der Waals surface area contributed by atoms with Crippen LogP contribution in [0.1, 0.15) is 24.3 Å². The molecule has 0 saturated carbocycles. The molecule has 7 heteroatoms. The summed E-state index contributed by atoms with van der Waals surface area (Å²) in [5.74, 6) is 0.271. The van der Waals surface area contributed by atoms with E-state index in [1.54, 1.807) is 12.3 Å². The second-order valence-corrected chi connectivity index (χ2v) is 8.90. The van der Waals surface area contributed by atoms with Gasteiger partial charge >= 0.3 is 10.3 Å². The maximum atomic E-state index is 11.9. The average Bonchev–Trinajstić information content (AvgIpc) is 3.02. The molecule has 1 aliphatic heterocycles. The SMILES string of the molecule is CN1CCC(c2cn(S(=O)(=O)O)c3ccc(-c4ccc(Cl)cc4)cc23)CC1. The van der Waals surface area contributed by atoms with Gasteiger partial charge in [0.2, 0.25) is 0 Å². The van der Waals surface area contributed by atoms with E-state index in [4.69, 9.17) is 11.6 Å². The first kappa shape index (κ1) is 18.5. The summed E-state index contributed by atoms with van der Waals surface area (Å²) in [5, 5.41) is 1.54. The van der Waals surface area contributed by atoms with E-state index in [1.807, 2.05) is 36.4 Å². The van der Waals surface area contributed by atoms with Crippen LogP contribution in [0.15, 0.2) is 48.7 Å². The second-order valence-electron chi connectivity index (χ2n) is 7.17. The van der Waals surface area contributed by atoms with Gasteiger partial charge in [0.05, 0.1) is 5.52 Å². The van der Waals surface area contributed by atoms with Crippen molar-refractivity contribution < 1.29 is 13.0 Å². The van der Waals surface area contributed by atoms with Crippen LogP contribution < -0.4 is 0 Å². The van der Waals surface area contributed by atoms with E-state index in [1.165, 1.54) is 0 Å². The molecule has 0 spiro atoms. The van der Waals surface area contributed by atoms with Gasteiger partial charge in [-0.2, -0.15) is 8.42 Å². The van der Waals surface area contributed by atoms with Gasteiger partial charge in [-0.3, -0.25) is 4.55 Å². The molecule has 0 unspecified atom stereocenters. The van der Waals surface area contributed by atoms with Gasteiger partial charge in [-0.1, -0.05) is 29.8 Å². The standard InChI is InChI=1S/C20H21ClN2O3S/c1-22-10-8-15(9-11-22)19-13-23(27(24,25)26)20-7-4-16(12-18(19)20)14-2-5-17(21)6-3-14/h2-7,12-13,15H,8-11H2,1H3,(H,24,25,26). The largest absolute Gasteiger partial charge is 0.363 e. The van der Waals surface area contributed by atoms with Crippen molar-refractivity contribution in [1.82, 2.24) is 8.87 Å². The number of nitrogens with zero attached hydrogens (tertiary/aromatic N) is 2. The predicted molar refractivity (Wildman–Crippen MR) is 109 cm³/mol. The van der Waals surface area contributed by atoms with Gasteiger partial charge in [-0.05, 0) is 79.9 Å². The smallest absolute Gasteiger partial charge is 0.306 e. The van der Waals surface area contributed by atoms with Crippen LogP contribution in [-0.2, 0) is 10.3 Å². The van der Waals surface area contributed by atoms with Gasteiger partial charge in [0, 0.05) is 16.6 Å². The van der Waals surface area contributed by atoms with Crippen molar-refractivity contribution in [3.05, 3.63) is 59.2 Å². The number of benzene rings is 2. The van der Waals surface area contributed by atoms with Crippen LogP contribution in [0.2, 0.25) is 5.02 Å². The Hall–Kier alpha value is -1.86. The molecule has 0 amide bonds. The number of fused-ring (bicyclic) bond motifs is 1. The minimum Gasteiger partial charge on any atom is -0.306 e. The zero-order chi connectivity index (χ0) is 19.2. The third-order valence-corrected chi connectivity index (χ3v) is 6.44. The Morgan fingerprint density at radius 3 is 2.30 bits per heavy atom. The molecule has 1 aliphatic rings. The number of hydrogen-bond acceptors (Lipinski definition) is 3. The van der Waals surface area contributed by atoms with Gasteiger partial charge in [0.25, 0.3) is 0 Å². The summed E-state index contributed by atoms with van der Waals surface area (Å²) >= 11 is 5.98. The number of rotatable bonds is 3. The summed E-state index contributed by atoms with van der Waals surface area (Å²) < 4.78 is 34.4. The molecule has 2 heterocycles. The predicted octanol–water partition coefficient (Wildman–Crippen LogP) is 4.42. The summed E-state index contributed by atoms with van der Waals surface area (Å²) in [5.41, 5.74) is 3.48. The van der Waals surface area contributed by atoms with Gasteiger partial charge < -0.3 is 4.90 Å². The van der Waals surface area contributed by atoms with Crippen LogP contribution in [-0.4, -0.2) is 42.0 Å². The molecule has 4 rings (SSSR count). The van der Waals surface area contributed by atoms with E-state index < -0.39 is 10.3 Å².